The molecule has 1 N–H and O–H groups in total. The minimum absolute atomic E-state index is 0.130. The van der Waals surface area contributed by atoms with E-state index in [0.29, 0.717) is 6.10 Å². The van der Waals surface area contributed by atoms with E-state index in [4.69, 9.17) is 9.72 Å². The second-order valence-corrected chi connectivity index (χ2v) is 6.93. The molecular formula is C17H29N3O. The maximum Gasteiger partial charge on any atom is 0.131 e. The van der Waals surface area contributed by atoms with Crippen LogP contribution in [0.2, 0.25) is 0 Å². The minimum atomic E-state index is 0.130. The minimum Gasteiger partial charge on any atom is -0.375 e. The number of anilines is 1. The molecule has 1 aliphatic rings. The Morgan fingerprint density at radius 1 is 1.43 bits per heavy atom. The number of aromatic nitrogens is 1. The lowest BCUT2D eigenvalue weighted by atomic mass is 10.1. The van der Waals surface area contributed by atoms with Crippen molar-refractivity contribution in [2.24, 2.45) is 0 Å². The van der Waals surface area contributed by atoms with Crippen LogP contribution in [0.5, 0.6) is 0 Å². The lowest BCUT2D eigenvalue weighted by Gasteiger charge is -2.34. The highest BCUT2D eigenvalue weighted by molar-refractivity contribution is 5.47. The second-order valence-electron chi connectivity index (χ2n) is 6.93. The highest BCUT2D eigenvalue weighted by atomic mass is 16.5. The molecule has 0 aromatic carbocycles. The van der Waals surface area contributed by atoms with Gasteiger partial charge in [-0.1, -0.05) is 6.92 Å². The average Bonchev–Trinajstić information content (AvgIpc) is 2.44. The lowest BCUT2D eigenvalue weighted by molar-refractivity contribution is 0.0381. The van der Waals surface area contributed by atoms with Crippen molar-refractivity contribution in [3.8, 4) is 0 Å². The Labute approximate surface area is 128 Å². The molecule has 1 atom stereocenters. The van der Waals surface area contributed by atoms with Crippen molar-refractivity contribution in [1.29, 1.82) is 0 Å². The maximum atomic E-state index is 5.74. The highest BCUT2D eigenvalue weighted by Gasteiger charge is 2.21. The zero-order chi connectivity index (χ0) is 15.5. The molecule has 0 radical (unpaired) electrons. The molecular weight excluding hydrogens is 262 g/mol. The zero-order valence-electron chi connectivity index (χ0n) is 14.1. The molecule has 4 heteroatoms. The Bertz CT molecular complexity index is 468. The van der Waals surface area contributed by atoms with E-state index in [-0.39, 0.29) is 5.54 Å². The van der Waals surface area contributed by atoms with E-state index in [0.717, 1.165) is 38.5 Å². The van der Waals surface area contributed by atoms with Gasteiger partial charge in [-0.3, -0.25) is 0 Å². The summed E-state index contributed by atoms with van der Waals surface area (Å²) in [5.74, 6) is 1.11. The summed E-state index contributed by atoms with van der Waals surface area (Å²) in [5, 5.41) is 3.51. The molecule has 1 aliphatic heterocycles. The molecule has 1 saturated heterocycles. The van der Waals surface area contributed by atoms with Crippen molar-refractivity contribution in [1.82, 2.24) is 10.3 Å². The Morgan fingerprint density at radius 2 is 2.19 bits per heavy atom. The number of nitrogens with one attached hydrogen (secondary N) is 1. The monoisotopic (exact) mass is 291 g/mol. The van der Waals surface area contributed by atoms with Gasteiger partial charge in [0, 0.05) is 31.4 Å². The molecule has 1 aromatic rings. The van der Waals surface area contributed by atoms with Crippen LogP contribution >= 0.6 is 0 Å². The first kappa shape index (κ1) is 16.2. The topological polar surface area (TPSA) is 37.4 Å². The Hall–Kier alpha value is -1.13. The second kappa shape index (κ2) is 6.75. The molecule has 1 fully saturated rings. The van der Waals surface area contributed by atoms with Gasteiger partial charge in [0.05, 0.1) is 12.7 Å². The summed E-state index contributed by atoms with van der Waals surface area (Å²) in [6.45, 7) is 14.4. The normalized spacial score (nSPS) is 19.9. The van der Waals surface area contributed by atoms with E-state index in [9.17, 15) is 0 Å². The maximum absolute atomic E-state index is 5.74. The van der Waals surface area contributed by atoms with Crippen LogP contribution in [0.3, 0.4) is 0 Å². The van der Waals surface area contributed by atoms with Gasteiger partial charge in [-0.2, -0.15) is 0 Å². The van der Waals surface area contributed by atoms with Gasteiger partial charge in [-0.05, 0) is 51.3 Å². The van der Waals surface area contributed by atoms with Crippen LogP contribution in [-0.2, 0) is 11.3 Å². The van der Waals surface area contributed by atoms with Crippen LogP contribution in [-0.4, -0.2) is 36.3 Å². The molecule has 21 heavy (non-hydrogen) atoms. The molecule has 1 aromatic heterocycles. The van der Waals surface area contributed by atoms with Gasteiger partial charge in [0.15, 0.2) is 0 Å². The van der Waals surface area contributed by atoms with E-state index < -0.39 is 0 Å². The molecule has 0 aliphatic carbocycles. The number of hydrogen-bond acceptors (Lipinski definition) is 4. The zero-order valence-corrected chi connectivity index (χ0v) is 14.1. The third-order valence-corrected chi connectivity index (χ3v) is 3.82. The molecule has 4 nitrogen and oxygen atoms in total. The van der Waals surface area contributed by atoms with Crippen LogP contribution in [0.25, 0.3) is 0 Å². The third kappa shape index (κ3) is 4.68. The SMILES string of the molecule is CCC1CN(c2ncc(CNC(C)(C)C)cc2C)CCO1. The van der Waals surface area contributed by atoms with E-state index in [1.165, 1.54) is 11.1 Å². The van der Waals surface area contributed by atoms with Crippen LogP contribution in [0.15, 0.2) is 12.3 Å². The highest BCUT2D eigenvalue weighted by Crippen LogP contribution is 2.21. The molecule has 0 bridgehead atoms. The molecule has 0 saturated carbocycles. The summed E-state index contributed by atoms with van der Waals surface area (Å²) in [6.07, 6.45) is 3.39. The Balaban J connectivity index is 2.05. The largest absolute Gasteiger partial charge is 0.375 e. The van der Waals surface area contributed by atoms with E-state index in [1.54, 1.807) is 0 Å². The molecule has 2 rings (SSSR count). The fourth-order valence-electron chi connectivity index (χ4n) is 2.58. The van der Waals surface area contributed by atoms with Gasteiger partial charge in [0.25, 0.3) is 0 Å². The smallest absolute Gasteiger partial charge is 0.131 e. The summed E-state index contributed by atoms with van der Waals surface area (Å²) in [4.78, 5) is 7.06. The summed E-state index contributed by atoms with van der Waals surface area (Å²) < 4.78 is 5.74. The number of morpholine rings is 1. The molecule has 0 spiro atoms. The van der Waals surface area contributed by atoms with Gasteiger partial charge in [-0.25, -0.2) is 4.98 Å². The van der Waals surface area contributed by atoms with Crippen molar-refractivity contribution in [2.45, 2.75) is 59.2 Å². The number of rotatable bonds is 4. The van der Waals surface area contributed by atoms with Gasteiger partial charge in [0.2, 0.25) is 0 Å². The summed E-state index contributed by atoms with van der Waals surface area (Å²) >= 11 is 0. The summed E-state index contributed by atoms with van der Waals surface area (Å²) in [6, 6.07) is 2.25. The van der Waals surface area contributed by atoms with Crippen molar-refractivity contribution in [3.05, 3.63) is 23.4 Å². The molecule has 2 heterocycles. The molecule has 118 valence electrons. The molecule has 0 amide bonds. The number of aryl methyl sites for hydroxylation is 1. The number of hydrogen-bond donors (Lipinski definition) is 1. The standard InChI is InChI=1S/C17H29N3O/c1-6-15-12-20(7-8-21-15)16-13(2)9-14(10-18-16)11-19-17(3,4)5/h9-10,15,19H,6-8,11-12H2,1-5H3. The Kier molecular flexibility index (Phi) is 5.22. The number of pyridine rings is 1. The van der Waals surface area contributed by atoms with Crippen LogP contribution in [0.4, 0.5) is 5.82 Å². The third-order valence-electron chi connectivity index (χ3n) is 3.82. The molecule has 1 unspecified atom stereocenters. The predicted octanol–water partition coefficient (Wildman–Crippen LogP) is 2.89. The van der Waals surface area contributed by atoms with Crippen LogP contribution in [0, 0.1) is 6.92 Å². The fourth-order valence-corrected chi connectivity index (χ4v) is 2.58. The summed E-state index contributed by atoms with van der Waals surface area (Å²) in [7, 11) is 0. The van der Waals surface area contributed by atoms with Gasteiger partial charge < -0.3 is 15.0 Å². The lowest BCUT2D eigenvalue weighted by Crippen LogP contribution is -2.43. The van der Waals surface area contributed by atoms with E-state index in [1.807, 2.05) is 6.20 Å². The number of nitrogens with zero attached hydrogens (tertiary/aromatic N) is 2. The Morgan fingerprint density at radius 3 is 2.81 bits per heavy atom. The fraction of sp³-hybridized carbons (Fsp3) is 0.706. The van der Waals surface area contributed by atoms with Gasteiger partial charge >= 0.3 is 0 Å². The first-order valence-corrected chi connectivity index (χ1v) is 7.96. The first-order chi connectivity index (χ1) is 9.89. The van der Waals surface area contributed by atoms with Crippen LogP contribution in [0.1, 0.15) is 45.2 Å². The first-order valence-electron chi connectivity index (χ1n) is 7.96. The van der Waals surface area contributed by atoms with Crippen molar-refractivity contribution >= 4 is 5.82 Å². The predicted molar refractivity (Wildman–Crippen MR) is 87.8 cm³/mol. The van der Waals surface area contributed by atoms with Crippen molar-refractivity contribution in [2.75, 3.05) is 24.6 Å². The van der Waals surface area contributed by atoms with Gasteiger partial charge in [-0.15, -0.1) is 0 Å². The van der Waals surface area contributed by atoms with Crippen molar-refractivity contribution < 1.29 is 4.74 Å². The van der Waals surface area contributed by atoms with E-state index >= 15 is 0 Å². The quantitative estimate of drug-likeness (QED) is 0.925. The summed E-state index contributed by atoms with van der Waals surface area (Å²) in [5.41, 5.74) is 2.62. The number of ether oxygens (including phenoxy) is 1. The van der Waals surface area contributed by atoms with Crippen LogP contribution < -0.4 is 10.2 Å². The van der Waals surface area contributed by atoms with Crippen molar-refractivity contribution in [3.63, 3.8) is 0 Å². The van der Waals surface area contributed by atoms with E-state index in [2.05, 4.69) is 50.9 Å². The van der Waals surface area contributed by atoms with Gasteiger partial charge in [0.1, 0.15) is 5.82 Å². The average molecular weight is 291 g/mol.